The molecule has 4 rings (SSSR count). The number of hydrogen-bond donors (Lipinski definition) is 1. The number of hydrogen-bond acceptors (Lipinski definition) is 6. The number of Topliss-reactive ketones (excluding diaryl/α,β-unsaturated/α-hetero) is 1. The van der Waals surface area contributed by atoms with Crippen LogP contribution in [-0.4, -0.2) is 48.8 Å². The summed E-state index contributed by atoms with van der Waals surface area (Å²) in [6.45, 7) is 3.84. The van der Waals surface area contributed by atoms with Crippen molar-refractivity contribution >= 4 is 17.7 Å². The Morgan fingerprint density at radius 2 is 1.89 bits per heavy atom. The lowest BCUT2D eigenvalue weighted by molar-refractivity contribution is -0.170. The van der Waals surface area contributed by atoms with Crippen LogP contribution >= 0.6 is 0 Å². The quantitative estimate of drug-likeness (QED) is 0.625. The SMILES string of the molecule is COC(=O)[C@]1(NC(=O)c2ccccc2)C(=O)[C@@H]2C[C@@H]2C[C@H]1[C@H]1COC(C)(C)O1. The van der Waals surface area contributed by atoms with Crippen LogP contribution in [0.15, 0.2) is 30.3 Å². The highest BCUT2D eigenvalue weighted by molar-refractivity contribution is 6.15. The highest BCUT2D eigenvalue weighted by atomic mass is 16.7. The molecule has 7 heteroatoms. The number of ketones is 1. The van der Waals surface area contributed by atoms with Crippen molar-refractivity contribution in [3.8, 4) is 0 Å². The van der Waals surface area contributed by atoms with E-state index in [0.29, 0.717) is 12.0 Å². The van der Waals surface area contributed by atoms with Crippen LogP contribution in [0.2, 0.25) is 0 Å². The predicted molar refractivity (Wildman–Crippen MR) is 98.3 cm³/mol. The molecule has 1 heterocycles. The van der Waals surface area contributed by atoms with Crippen molar-refractivity contribution in [2.75, 3.05) is 13.7 Å². The normalized spacial score (nSPS) is 35.8. The first kappa shape index (κ1) is 19.1. The summed E-state index contributed by atoms with van der Waals surface area (Å²) in [6, 6.07) is 8.53. The van der Waals surface area contributed by atoms with E-state index in [1.54, 1.807) is 44.2 Å². The molecule has 1 aromatic rings. The van der Waals surface area contributed by atoms with Gasteiger partial charge in [0.15, 0.2) is 11.6 Å². The Labute approximate surface area is 163 Å². The molecule has 2 aliphatic carbocycles. The third-order valence-electron chi connectivity index (χ3n) is 6.09. The van der Waals surface area contributed by atoms with Gasteiger partial charge in [-0.1, -0.05) is 18.2 Å². The first-order valence-electron chi connectivity index (χ1n) is 9.60. The van der Waals surface area contributed by atoms with Crippen LogP contribution in [0.25, 0.3) is 0 Å². The number of fused-ring (bicyclic) bond motifs is 1. The molecule has 0 spiro atoms. The van der Waals surface area contributed by atoms with Gasteiger partial charge in [-0.25, -0.2) is 4.79 Å². The Balaban J connectivity index is 1.73. The van der Waals surface area contributed by atoms with Gasteiger partial charge in [-0.3, -0.25) is 9.59 Å². The average Bonchev–Trinajstić information content (AvgIpc) is 3.38. The first-order valence-corrected chi connectivity index (χ1v) is 9.60. The maximum atomic E-state index is 13.4. The highest BCUT2D eigenvalue weighted by Gasteiger charge is 2.68. The number of ether oxygens (including phenoxy) is 3. The van der Waals surface area contributed by atoms with Gasteiger partial charge in [-0.05, 0) is 44.7 Å². The molecule has 7 nitrogen and oxygen atoms in total. The molecule has 1 saturated heterocycles. The smallest absolute Gasteiger partial charge is 0.339 e. The second-order valence-corrected chi connectivity index (χ2v) is 8.30. The number of carbonyl (C=O) groups is 3. The molecule has 1 N–H and O–H groups in total. The average molecular weight is 387 g/mol. The van der Waals surface area contributed by atoms with E-state index in [1.165, 1.54) is 7.11 Å². The van der Waals surface area contributed by atoms with E-state index in [0.717, 1.165) is 6.42 Å². The van der Waals surface area contributed by atoms with Gasteiger partial charge in [-0.2, -0.15) is 0 Å². The van der Waals surface area contributed by atoms with E-state index < -0.39 is 35.2 Å². The fourth-order valence-electron chi connectivity index (χ4n) is 4.61. The summed E-state index contributed by atoms with van der Waals surface area (Å²) in [7, 11) is 1.23. The van der Waals surface area contributed by atoms with E-state index in [4.69, 9.17) is 14.2 Å². The maximum absolute atomic E-state index is 13.4. The van der Waals surface area contributed by atoms with Gasteiger partial charge < -0.3 is 19.5 Å². The molecule has 3 aliphatic rings. The molecule has 5 atom stereocenters. The van der Waals surface area contributed by atoms with Gasteiger partial charge in [0.05, 0.1) is 19.8 Å². The van der Waals surface area contributed by atoms with Crippen molar-refractivity contribution in [3.63, 3.8) is 0 Å². The number of benzene rings is 1. The summed E-state index contributed by atoms with van der Waals surface area (Å²) >= 11 is 0. The second kappa shape index (κ2) is 6.67. The lowest BCUT2D eigenvalue weighted by Crippen LogP contribution is -2.69. The molecule has 28 heavy (non-hydrogen) atoms. The fraction of sp³-hybridized carbons (Fsp3) is 0.571. The predicted octanol–water partition coefficient (Wildman–Crippen LogP) is 1.70. The van der Waals surface area contributed by atoms with Gasteiger partial charge in [0, 0.05) is 17.4 Å². The Morgan fingerprint density at radius 3 is 2.50 bits per heavy atom. The highest BCUT2D eigenvalue weighted by Crippen LogP contribution is 2.55. The van der Waals surface area contributed by atoms with E-state index in [9.17, 15) is 14.4 Å². The minimum Gasteiger partial charge on any atom is -0.467 e. The van der Waals surface area contributed by atoms with Crippen molar-refractivity contribution in [2.24, 2.45) is 17.8 Å². The summed E-state index contributed by atoms with van der Waals surface area (Å²) in [5.41, 5.74) is -1.40. The molecule has 0 aromatic heterocycles. The zero-order valence-electron chi connectivity index (χ0n) is 16.3. The van der Waals surface area contributed by atoms with E-state index in [2.05, 4.69) is 5.32 Å². The third kappa shape index (κ3) is 3.02. The van der Waals surface area contributed by atoms with Crippen LogP contribution < -0.4 is 5.32 Å². The summed E-state index contributed by atoms with van der Waals surface area (Å²) in [5, 5.41) is 2.76. The fourth-order valence-corrected chi connectivity index (χ4v) is 4.61. The summed E-state index contributed by atoms with van der Waals surface area (Å²) < 4.78 is 16.7. The molecule has 0 radical (unpaired) electrons. The van der Waals surface area contributed by atoms with Crippen molar-refractivity contribution in [3.05, 3.63) is 35.9 Å². The van der Waals surface area contributed by atoms with Gasteiger partial charge >= 0.3 is 5.97 Å². The monoisotopic (exact) mass is 387 g/mol. The number of methoxy groups -OCH3 is 1. The number of rotatable bonds is 4. The Kier molecular flexibility index (Phi) is 4.55. The van der Waals surface area contributed by atoms with E-state index in [-0.39, 0.29) is 24.2 Å². The molecular weight excluding hydrogens is 362 g/mol. The van der Waals surface area contributed by atoms with Crippen LogP contribution in [0.4, 0.5) is 0 Å². The van der Waals surface area contributed by atoms with Crippen LogP contribution in [0.3, 0.4) is 0 Å². The zero-order chi connectivity index (χ0) is 20.1. The third-order valence-corrected chi connectivity index (χ3v) is 6.09. The van der Waals surface area contributed by atoms with Gasteiger partial charge in [0.2, 0.25) is 5.54 Å². The minimum atomic E-state index is -1.77. The number of carbonyl (C=O) groups excluding carboxylic acids is 3. The van der Waals surface area contributed by atoms with Crippen LogP contribution in [0.1, 0.15) is 37.0 Å². The van der Waals surface area contributed by atoms with Crippen molar-refractivity contribution < 1.29 is 28.6 Å². The van der Waals surface area contributed by atoms with E-state index in [1.807, 2.05) is 0 Å². The molecule has 0 unspecified atom stereocenters. The van der Waals surface area contributed by atoms with Crippen molar-refractivity contribution in [2.45, 2.75) is 44.1 Å². The molecule has 3 fully saturated rings. The standard InChI is InChI=1S/C21H25NO6/c1-20(2)27-11-16(28-20)15-10-13-9-14(13)17(23)21(15,19(25)26-3)22-18(24)12-7-5-4-6-8-12/h4-8,13-16H,9-11H2,1-3H3,(H,22,24)/t13-,14-,15+,16-,21-/m1/s1. The second-order valence-electron chi connectivity index (χ2n) is 8.30. The summed E-state index contributed by atoms with van der Waals surface area (Å²) in [4.78, 5) is 39.3. The summed E-state index contributed by atoms with van der Waals surface area (Å²) in [6.07, 6.45) is 0.840. The van der Waals surface area contributed by atoms with Crippen LogP contribution in [-0.2, 0) is 23.8 Å². The van der Waals surface area contributed by atoms with Crippen LogP contribution in [0.5, 0.6) is 0 Å². The minimum absolute atomic E-state index is 0.219. The topological polar surface area (TPSA) is 90.9 Å². The van der Waals surface area contributed by atoms with Gasteiger partial charge in [0.1, 0.15) is 0 Å². The lowest BCUT2D eigenvalue weighted by Gasteiger charge is -2.42. The van der Waals surface area contributed by atoms with Gasteiger partial charge in [0.25, 0.3) is 5.91 Å². The Bertz CT molecular complexity index is 806. The van der Waals surface area contributed by atoms with E-state index >= 15 is 0 Å². The Hall–Kier alpha value is -2.25. The Morgan fingerprint density at radius 1 is 1.18 bits per heavy atom. The molecular formula is C21H25NO6. The maximum Gasteiger partial charge on any atom is 0.339 e. The van der Waals surface area contributed by atoms with Crippen molar-refractivity contribution in [1.82, 2.24) is 5.32 Å². The molecule has 1 amide bonds. The molecule has 150 valence electrons. The molecule has 2 saturated carbocycles. The zero-order valence-corrected chi connectivity index (χ0v) is 16.3. The summed E-state index contributed by atoms with van der Waals surface area (Å²) in [5.74, 6) is -2.87. The van der Waals surface area contributed by atoms with Crippen molar-refractivity contribution in [1.29, 1.82) is 0 Å². The first-order chi connectivity index (χ1) is 13.3. The number of esters is 1. The molecule has 1 aliphatic heterocycles. The lowest BCUT2D eigenvalue weighted by atomic mass is 9.69. The number of amides is 1. The largest absolute Gasteiger partial charge is 0.467 e. The van der Waals surface area contributed by atoms with Crippen LogP contribution in [0, 0.1) is 17.8 Å². The number of nitrogens with one attached hydrogen (secondary N) is 1. The van der Waals surface area contributed by atoms with Gasteiger partial charge in [-0.15, -0.1) is 0 Å². The molecule has 0 bridgehead atoms. The molecule has 1 aromatic carbocycles.